The minimum Gasteiger partial charge on any atom is -0.0654 e. The fourth-order valence-electron chi connectivity index (χ4n) is 6.94. The first-order valence-corrected chi connectivity index (χ1v) is 22.6. The fourth-order valence-corrected chi connectivity index (χ4v) is 12.0. The fraction of sp³-hybridized carbons (Fsp3) is 1.00. The summed E-state index contributed by atoms with van der Waals surface area (Å²) >= 11 is 0. The number of rotatable bonds is 36. The minimum absolute atomic E-state index is 0.698. The summed E-state index contributed by atoms with van der Waals surface area (Å²) in [6.07, 6.45) is 54.0. The molecule has 0 aromatic carbocycles. The largest absolute Gasteiger partial charge is 0.0654 e. The van der Waals surface area contributed by atoms with Crippen molar-refractivity contribution >= 4 is 7.26 Å². The van der Waals surface area contributed by atoms with Crippen molar-refractivity contribution < 1.29 is 0 Å². The van der Waals surface area contributed by atoms with Crippen LogP contribution in [-0.2, 0) is 0 Å². The molecule has 0 aromatic rings. The van der Waals surface area contributed by atoms with Crippen molar-refractivity contribution in [2.75, 3.05) is 24.6 Å². The van der Waals surface area contributed by atoms with E-state index in [-0.39, 0.29) is 0 Å². The van der Waals surface area contributed by atoms with Crippen molar-refractivity contribution in [1.29, 1.82) is 0 Å². The van der Waals surface area contributed by atoms with Gasteiger partial charge < -0.3 is 0 Å². The van der Waals surface area contributed by atoms with Gasteiger partial charge in [-0.25, -0.2) is 0 Å². The Morgan fingerprint density at radius 2 is 0.366 bits per heavy atom. The van der Waals surface area contributed by atoms with Gasteiger partial charge in [-0.3, -0.25) is 0 Å². The molecule has 0 saturated carbocycles. The highest BCUT2D eigenvalue weighted by molar-refractivity contribution is 7.75. The molecule has 0 fully saturated rings. The topological polar surface area (TPSA) is 0 Å². The maximum atomic E-state index is 2.42. The first kappa shape index (κ1) is 41.4. The van der Waals surface area contributed by atoms with Gasteiger partial charge in [0.25, 0.3) is 0 Å². The lowest BCUT2D eigenvalue weighted by atomic mass is 10.0. The second-order valence-corrected chi connectivity index (χ2v) is 18.6. The van der Waals surface area contributed by atoms with E-state index in [2.05, 4.69) is 27.7 Å². The highest BCUT2D eigenvalue weighted by atomic mass is 31.2. The smallest absolute Gasteiger partial charge is 0.0594 e. The van der Waals surface area contributed by atoms with Crippen LogP contribution in [0.3, 0.4) is 0 Å². The molecule has 1 heteroatoms. The van der Waals surface area contributed by atoms with E-state index in [1.54, 1.807) is 37.5 Å². The molecule has 0 aliphatic rings. The molecule has 0 rings (SSSR count). The van der Waals surface area contributed by atoms with Crippen LogP contribution in [0.2, 0.25) is 0 Å². The molecule has 0 radical (unpaired) electrons. The third-order valence-corrected chi connectivity index (χ3v) is 15.0. The Morgan fingerprint density at radius 3 is 0.585 bits per heavy atom. The average molecular weight is 596 g/mol. The Hall–Kier alpha value is 0.430. The minimum atomic E-state index is -0.698. The number of unbranched alkanes of at least 4 members (excludes halogenated alkanes) is 28. The first-order chi connectivity index (χ1) is 20.2. The molecule has 41 heavy (non-hydrogen) atoms. The summed E-state index contributed by atoms with van der Waals surface area (Å²) in [5, 5.41) is 0. The standard InChI is InChI=1S/C40H84P/c1-5-9-13-15-17-19-21-23-25-27-29-31-33-35-39-41(37-11-7-3,38-12-8-4)40-36-34-32-30-28-26-24-22-20-18-16-14-10-6-2/h5-40H2,1-4H3/q+1. The Labute approximate surface area is 264 Å². The van der Waals surface area contributed by atoms with E-state index in [4.69, 9.17) is 0 Å². The van der Waals surface area contributed by atoms with Gasteiger partial charge in [-0.05, 0) is 38.5 Å². The van der Waals surface area contributed by atoms with Gasteiger partial charge in [-0.1, -0.05) is 195 Å². The van der Waals surface area contributed by atoms with E-state index < -0.39 is 7.26 Å². The summed E-state index contributed by atoms with van der Waals surface area (Å²) < 4.78 is 0. The third-order valence-electron chi connectivity index (χ3n) is 9.94. The Kier molecular flexibility index (Phi) is 35.3. The summed E-state index contributed by atoms with van der Waals surface area (Å²) in [5.41, 5.74) is 0. The molecule has 0 bridgehead atoms. The molecule has 0 amide bonds. The molecule has 0 nitrogen and oxygen atoms in total. The first-order valence-electron chi connectivity index (χ1n) is 20.1. The van der Waals surface area contributed by atoms with Gasteiger partial charge in [0.1, 0.15) is 0 Å². The summed E-state index contributed by atoms with van der Waals surface area (Å²) in [6.45, 7) is 9.48. The molecule has 0 heterocycles. The number of hydrogen-bond acceptors (Lipinski definition) is 0. The second kappa shape index (κ2) is 34.9. The van der Waals surface area contributed by atoms with Gasteiger partial charge in [-0.2, -0.15) is 0 Å². The van der Waals surface area contributed by atoms with Crippen molar-refractivity contribution in [2.45, 2.75) is 233 Å². The SMILES string of the molecule is CCCCCCCCCCCCCCCC[P+](CCCC)(CCCC)CCCCCCCCCCCCCCCC. The lowest BCUT2D eigenvalue weighted by Crippen LogP contribution is -2.13. The van der Waals surface area contributed by atoms with Crippen LogP contribution in [0.1, 0.15) is 233 Å². The Morgan fingerprint density at radius 1 is 0.195 bits per heavy atom. The maximum Gasteiger partial charge on any atom is 0.0594 e. The second-order valence-electron chi connectivity index (χ2n) is 14.1. The highest BCUT2D eigenvalue weighted by Crippen LogP contribution is 2.61. The van der Waals surface area contributed by atoms with Crippen LogP contribution < -0.4 is 0 Å². The molecular formula is C40H84P+. The summed E-state index contributed by atoms with van der Waals surface area (Å²) in [4.78, 5) is 0. The molecular weight excluding hydrogens is 511 g/mol. The van der Waals surface area contributed by atoms with E-state index in [0.717, 1.165) is 0 Å². The average Bonchev–Trinajstić information content (AvgIpc) is 2.99. The summed E-state index contributed by atoms with van der Waals surface area (Å²) in [5.74, 6) is 0. The van der Waals surface area contributed by atoms with Crippen LogP contribution in [0.25, 0.3) is 0 Å². The van der Waals surface area contributed by atoms with E-state index in [0.29, 0.717) is 0 Å². The molecule has 0 N–H and O–H groups in total. The van der Waals surface area contributed by atoms with Gasteiger partial charge in [0.05, 0.1) is 24.6 Å². The number of hydrogen-bond donors (Lipinski definition) is 0. The monoisotopic (exact) mass is 596 g/mol. The highest BCUT2D eigenvalue weighted by Gasteiger charge is 2.34. The molecule has 0 aliphatic carbocycles. The van der Waals surface area contributed by atoms with Crippen molar-refractivity contribution in [2.24, 2.45) is 0 Å². The molecule has 248 valence electrons. The normalized spacial score (nSPS) is 12.0. The molecule has 0 unspecified atom stereocenters. The molecule has 0 atom stereocenters. The molecule has 0 saturated heterocycles. The zero-order valence-corrected chi connectivity index (χ0v) is 30.8. The van der Waals surface area contributed by atoms with E-state index in [9.17, 15) is 0 Å². The van der Waals surface area contributed by atoms with E-state index in [1.165, 1.54) is 193 Å². The van der Waals surface area contributed by atoms with Crippen molar-refractivity contribution in [3.63, 3.8) is 0 Å². The van der Waals surface area contributed by atoms with Crippen LogP contribution in [0.5, 0.6) is 0 Å². The van der Waals surface area contributed by atoms with Crippen LogP contribution >= 0.6 is 7.26 Å². The Bertz CT molecular complexity index is 416. The van der Waals surface area contributed by atoms with Crippen molar-refractivity contribution in [3.05, 3.63) is 0 Å². The predicted molar refractivity (Wildman–Crippen MR) is 197 cm³/mol. The predicted octanol–water partition coefficient (Wildman–Crippen LogP) is 15.6. The van der Waals surface area contributed by atoms with Crippen LogP contribution in [0.15, 0.2) is 0 Å². The molecule has 0 aromatic heterocycles. The lowest BCUT2D eigenvalue weighted by molar-refractivity contribution is 0.537. The van der Waals surface area contributed by atoms with Gasteiger partial charge in [0.15, 0.2) is 0 Å². The maximum absolute atomic E-state index is 2.42. The third kappa shape index (κ3) is 30.2. The van der Waals surface area contributed by atoms with E-state index >= 15 is 0 Å². The summed E-state index contributed by atoms with van der Waals surface area (Å²) in [7, 11) is -0.698. The van der Waals surface area contributed by atoms with Gasteiger partial charge in [0.2, 0.25) is 0 Å². The van der Waals surface area contributed by atoms with Crippen LogP contribution in [0.4, 0.5) is 0 Å². The summed E-state index contributed by atoms with van der Waals surface area (Å²) in [6, 6.07) is 0. The van der Waals surface area contributed by atoms with Gasteiger partial charge in [-0.15, -0.1) is 0 Å². The van der Waals surface area contributed by atoms with Crippen molar-refractivity contribution in [3.8, 4) is 0 Å². The Balaban J connectivity index is 3.98. The lowest BCUT2D eigenvalue weighted by Gasteiger charge is -2.28. The quantitative estimate of drug-likeness (QED) is 0.0499. The van der Waals surface area contributed by atoms with Gasteiger partial charge in [0, 0.05) is 7.26 Å². The zero-order chi connectivity index (χ0) is 30.0. The molecule has 0 aliphatic heterocycles. The zero-order valence-electron chi connectivity index (χ0n) is 29.9. The van der Waals surface area contributed by atoms with Crippen LogP contribution in [-0.4, -0.2) is 24.6 Å². The van der Waals surface area contributed by atoms with Crippen molar-refractivity contribution in [1.82, 2.24) is 0 Å². The van der Waals surface area contributed by atoms with Crippen LogP contribution in [0, 0.1) is 0 Å². The van der Waals surface area contributed by atoms with E-state index in [1.807, 2.05) is 0 Å². The molecule has 0 spiro atoms. The van der Waals surface area contributed by atoms with Gasteiger partial charge >= 0.3 is 0 Å².